The summed E-state index contributed by atoms with van der Waals surface area (Å²) in [7, 11) is 0. The Hall–Kier alpha value is -3.10. The molecule has 2 heterocycles. The Bertz CT molecular complexity index is 1110. The molecule has 0 saturated carbocycles. The van der Waals surface area contributed by atoms with Gasteiger partial charge in [0.15, 0.2) is 0 Å². The lowest BCUT2D eigenvalue weighted by molar-refractivity contribution is -0.127. The molecule has 4 rings (SSSR count). The highest BCUT2D eigenvalue weighted by molar-refractivity contribution is 6.30. The topological polar surface area (TPSA) is 60.2 Å². The van der Waals surface area contributed by atoms with Crippen LogP contribution in [0.25, 0.3) is 6.08 Å². The minimum Gasteiger partial charge on any atom is -0.346 e. The maximum atomic E-state index is 14.8. The van der Waals surface area contributed by atoms with Crippen LogP contribution in [-0.2, 0) is 21.7 Å². The number of benzene rings is 2. The van der Waals surface area contributed by atoms with Crippen molar-refractivity contribution in [1.82, 2.24) is 19.7 Å². The Balaban J connectivity index is 1.64. The third-order valence-corrected chi connectivity index (χ3v) is 5.68. The molecule has 0 N–H and O–H groups in total. The maximum Gasteiger partial charge on any atom is 0.248 e. The highest BCUT2D eigenvalue weighted by Crippen LogP contribution is 2.40. The van der Waals surface area contributed by atoms with Gasteiger partial charge in [0, 0.05) is 22.7 Å². The second kappa shape index (κ2) is 8.56. The molecule has 3 aromatic rings. The largest absolute Gasteiger partial charge is 0.346 e. The molecule has 1 aromatic heterocycles. The van der Waals surface area contributed by atoms with Gasteiger partial charge in [-0.1, -0.05) is 29.8 Å². The van der Waals surface area contributed by atoms with Crippen LogP contribution in [0.15, 0.2) is 61.2 Å². The Morgan fingerprint density at radius 1 is 1.29 bits per heavy atom. The molecule has 1 amide bonds. The van der Waals surface area contributed by atoms with Crippen LogP contribution in [0.1, 0.15) is 18.1 Å². The minimum atomic E-state index is -1.27. The highest BCUT2D eigenvalue weighted by atomic mass is 35.5. The third-order valence-electron chi connectivity index (χ3n) is 5.43. The van der Waals surface area contributed by atoms with E-state index < -0.39 is 23.3 Å². The van der Waals surface area contributed by atoms with Gasteiger partial charge in [-0.15, -0.1) is 0 Å². The summed E-state index contributed by atoms with van der Waals surface area (Å²) in [5.74, 6) is -1.75. The van der Waals surface area contributed by atoms with Gasteiger partial charge in [-0.2, -0.15) is 5.10 Å². The maximum absolute atomic E-state index is 14.8. The predicted octanol–water partition coefficient (Wildman–Crippen LogP) is 4.02. The first-order valence-electron chi connectivity index (χ1n) is 9.55. The third kappa shape index (κ3) is 4.22. The minimum absolute atomic E-state index is 0.0591. The number of halogens is 3. The zero-order valence-corrected chi connectivity index (χ0v) is 17.3. The van der Waals surface area contributed by atoms with Gasteiger partial charge < -0.3 is 9.64 Å². The monoisotopic (exact) mass is 444 g/mol. The number of carbonyl (C=O) groups excluding carboxylic acids is 1. The Kier molecular flexibility index (Phi) is 5.84. The quantitative estimate of drug-likeness (QED) is 0.558. The van der Waals surface area contributed by atoms with Gasteiger partial charge in [-0.25, -0.2) is 18.4 Å². The zero-order valence-electron chi connectivity index (χ0n) is 16.6. The fourth-order valence-electron chi connectivity index (χ4n) is 3.71. The molecule has 1 saturated heterocycles. The van der Waals surface area contributed by atoms with Crippen molar-refractivity contribution in [2.75, 3.05) is 6.73 Å². The van der Waals surface area contributed by atoms with Crippen LogP contribution < -0.4 is 0 Å². The Morgan fingerprint density at radius 3 is 2.74 bits per heavy atom. The first-order chi connectivity index (χ1) is 14.9. The van der Waals surface area contributed by atoms with Crippen LogP contribution in [-0.4, -0.2) is 38.3 Å². The number of aromatic nitrogens is 3. The summed E-state index contributed by atoms with van der Waals surface area (Å²) in [5.41, 5.74) is -0.312. The zero-order chi connectivity index (χ0) is 22.0. The van der Waals surface area contributed by atoms with Gasteiger partial charge in [0.2, 0.25) is 5.91 Å². The molecule has 0 unspecified atom stereocenters. The van der Waals surface area contributed by atoms with Crippen molar-refractivity contribution >= 4 is 23.6 Å². The molecule has 1 aliphatic heterocycles. The van der Waals surface area contributed by atoms with E-state index in [0.717, 1.165) is 11.6 Å². The fourth-order valence-corrected chi connectivity index (χ4v) is 3.84. The molecule has 2 aromatic carbocycles. The number of hydrogen-bond acceptors (Lipinski definition) is 4. The van der Waals surface area contributed by atoms with E-state index in [4.69, 9.17) is 16.3 Å². The smallest absolute Gasteiger partial charge is 0.248 e. The summed E-state index contributed by atoms with van der Waals surface area (Å²) in [5, 5.41) is 4.69. The normalized spacial score (nSPS) is 21.2. The molecule has 1 fully saturated rings. The molecule has 0 bridgehead atoms. The standard InChI is InChI=1S/C22H19ClF2N4O2/c1-15-22(11-28-13-26-12-27-28,19-8-7-18(24)10-20(19)25)31-14-29(15)21(30)9-4-16-2-5-17(23)6-3-16/h2-10,12-13,15H,11,14H2,1H3/t15-,22-/m1/s1. The lowest BCUT2D eigenvalue weighted by atomic mass is 9.86. The van der Waals surface area contributed by atoms with Gasteiger partial charge in [-0.05, 0) is 36.8 Å². The fraction of sp³-hybridized carbons (Fsp3) is 0.227. The molecule has 0 aliphatic carbocycles. The average molecular weight is 445 g/mol. The van der Waals surface area contributed by atoms with Gasteiger partial charge in [0.05, 0.1) is 12.6 Å². The number of nitrogens with zero attached hydrogens (tertiary/aromatic N) is 4. The summed E-state index contributed by atoms with van der Waals surface area (Å²) in [6, 6.07) is 9.79. The first-order valence-corrected chi connectivity index (χ1v) is 9.93. The van der Waals surface area contributed by atoms with Crippen LogP contribution in [0.4, 0.5) is 8.78 Å². The molecular formula is C22H19ClF2N4O2. The van der Waals surface area contributed by atoms with E-state index in [-0.39, 0.29) is 24.7 Å². The van der Waals surface area contributed by atoms with Crippen molar-refractivity contribution in [3.8, 4) is 0 Å². The second-order valence-corrected chi connectivity index (χ2v) is 7.69. The number of rotatable bonds is 5. The van der Waals surface area contributed by atoms with Gasteiger partial charge in [0.1, 0.15) is 36.6 Å². The van der Waals surface area contributed by atoms with E-state index in [0.29, 0.717) is 5.02 Å². The van der Waals surface area contributed by atoms with Crippen molar-refractivity contribution in [1.29, 1.82) is 0 Å². The van der Waals surface area contributed by atoms with E-state index in [1.807, 2.05) is 0 Å². The summed E-state index contributed by atoms with van der Waals surface area (Å²) >= 11 is 5.89. The van der Waals surface area contributed by atoms with E-state index in [1.165, 1.54) is 40.4 Å². The van der Waals surface area contributed by atoms with Crippen molar-refractivity contribution in [2.45, 2.75) is 25.1 Å². The number of carbonyl (C=O) groups is 1. The molecule has 1 aliphatic rings. The van der Waals surface area contributed by atoms with Crippen molar-refractivity contribution < 1.29 is 18.3 Å². The summed E-state index contributed by atoms with van der Waals surface area (Å²) < 4.78 is 35.9. The van der Waals surface area contributed by atoms with Gasteiger partial charge in [0.25, 0.3) is 0 Å². The lowest BCUT2D eigenvalue weighted by Gasteiger charge is -2.34. The van der Waals surface area contributed by atoms with Gasteiger partial charge in [-0.3, -0.25) is 4.79 Å². The van der Waals surface area contributed by atoms with Crippen molar-refractivity contribution in [3.05, 3.63) is 89.0 Å². The predicted molar refractivity (Wildman–Crippen MR) is 111 cm³/mol. The van der Waals surface area contributed by atoms with Crippen LogP contribution in [0.2, 0.25) is 5.02 Å². The van der Waals surface area contributed by atoms with Crippen molar-refractivity contribution in [3.63, 3.8) is 0 Å². The summed E-state index contributed by atoms with van der Waals surface area (Å²) in [6.07, 6.45) is 5.92. The van der Waals surface area contributed by atoms with Crippen LogP contribution >= 0.6 is 11.6 Å². The van der Waals surface area contributed by atoms with Gasteiger partial charge >= 0.3 is 0 Å². The molecule has 31 heavy (non-hydrogen) atoms. The summed E-state index contributed by atoms with van der Waals surface area (Å²) in [6.45, 7) is 1.80. The molecule has 9 heteroatoms. The lowest BCUT2D eigenvalue weighted by Crippen LogP contribution is -2.46. The van der Waals surface area contributed by atoms with Crippen LogP contribution in [0.5, 0.6) is 0 Å². The Morgan fingerprint density at radius 2 is 2.06 bits per heavy atom. The van der Waals surface area contributed by atoms with Crippen molar-refractivity contribution in [2.24, 2.45) is 0 Å². The molecule has 2 atom stereocenters. The van der Waals surface area contributed by atoms with E-state index in [1.54, 1.807) is 37.3 Å². The van der Waals surface area contributed by atoms with E-state index >= 15 is 0 Å². The highest BCUT2D eigenvalue weighted by Gasteiger charge is 2.51. The molecule has 6 nitrogen and oxygen atoms in total. The number of amides is 1. The van der Waals surface area contributed by atoms with Crippen LogP contribution in [0, 0.1) is 11.6 Å². The molecule has 0 radical (unpaired) electrons. The average Bonchev–Trinajstić information content (AvgIpc) is 3.36. The van der Waals surface area contributed by atoms with E-state index in [9.17, 15) is 13.6 Å². The SMILES string of the molecule is C[C@H]1N(C(=O)C=Cc2ccc(Cl)cc2)CO[C@@]1(Cn1cncn1)c1ccc(F)cc1F. The Labute approximate surface area is 182 Å². The van der Waals surface area contributed by atoms with E-state index in [2.05, 4.69) is 10.1 Å². The van der Waals surface area contributed by atoms with Crippen LogP contribution in [0.3, 0.4) is 0 Å². The number of hydrogen-bond donors (Lipinski definition) is 0. The molecule has 0 spiro atoms. The second-order valence-electron chi connectivity index (χ2n) is 7.25. The summed E-state index contributed by atoms with van der Waals surface area (Å²) in [4.78, 5) is 18.3. The molecule has 160 valence electrons. The number of ether oxygens (including phenoxy) is 1. The first kappa shape index (κ1) is 21.1. The molecular weight excluding hydrogens is 426 g/mol.